The average molecular weight is 232 g/mol. The number of hydrogen-bond acceptors (Lipinski definition) is 3. The van der Waals surface area contributed by atoms with Crippen LogP contribution in [0.25, 0.3) is 0 Å². The van der Waals surface area contributed by atoms with Crippen LogP contribution in [0, 0.1) is 5.92 Å². The first kappa shape index (κ1) is 12.2. The van der Waals surface area contributed by atoms with E-state index in [2.05, 4.69) is 18.0 Å². The first-order valence-electron chi connectivity index (χ1n) is 6.41. The number of Topliss-reactive ketones (excluding diaryl/α,β-unsaturated/α-hetero) is 1. The van der Waals surface area contributed by atoms with Gasteiger partial charge in [0.1, 0.15) is 5.78 Å². The van der Waals surface area contributed by atoms with Gasteiger partial charge >= 0.3 is 0 Å². The number of nitrogens with two attached hydrogens (primary N) is 1. The fourth-order valence-corrected chi connectivity index (χ4v) is 2.40. The third-order valence-electron chi connectivity index (χ3n) is 3.58. The van der Waals surface area contributed by atoms with Crippen molar-refractivity contribution >= 4 is 5.78 Å². The topological polar surface area (TPSA) is 56.0 Å². The van der Waals surface area contributed by atoms with E-state index in [4.69, 9.17) is 5.73 Å². The summed E-state index contributed by atoms with van der Waals surface area (Å²) in [7, 11) is 0. The van der Waals surface area contributed by atoms with Crippen molar-refractivity contribution in [1.82, 2.24) is 4.98 Å². The minimum absolute atomic E-state index is 0.164. The predicted molar refractivity (Wildman–Crippen MR) is 67.6 cm³/mol. The fourth-order valence-electron chi connectivity index (χ4n) is 2.40. The van der Waals surface area contributed by atoms with Crippen molar-refractivity contribution in [3.63, 3.8) is 0 Å². The van der Waals surface area contributed by atoms with Gasteiger partial charge in [-0.15, -0.1) is 0 Å². The van der Waals surface area contributed by atoms with Crippen molar-refractivity contribution in [2.24, 2.45) is 11.7 Å². The lowest BCUT2D eigenvalue weighted by Gasteiger charge is -2.08. The predicted octanol–water partition coefficient (Wildman–Crippen LogP) is 1.88. The number of ketones is 1. The second-order valence-electron chi connectivity index (χ2n) is 4.92. The highest BCUT2D eigenvalue weighted by Gasteiger charge is 2.27. The van der Waals surface area contributed by atoms with Crippen LogP contribution in [-0.4, -0.2) is 16.8 Å². The molecule has 1 aromatic rings. The average Bonchev–Trinajstić information content (AvgIpc) is 2.77. The monoisotopic (exact) mass is 232 g/mol. The summed E-state index contributed by atoms with van der Waals surface area (Å²) >= 11 is 0. The molecule has 1 heterocycles. The Labute approximate surface area is 102 Å². The van der Waals surface area contributed by atoms with E-state index in [0.29, 0.717) is 12.2 Å². The molecule has 0 aromatic carbocycles. The number of hydrogen-bond donors (Lipinski definition) is 1. The van der Waals surface area contributed by atoms with Crippen LogP contribution in [0.1, 0.15) is 37.4 Å². The second kappa shape index (κ2) is 5.41. The standard InChI is InChI=1S/C14H20N2O/c1-2-10-3-6-13(16-9-10)8-14(17)11-4-5-12(15)7-11/h3,6,9,11-12H,2,4-5,7-8,15H2,1H3. The molecule has 0 aliphatic heterocycles. The van der Waals surface area contributed by atoms with Crippen molar-refractivity contribution < 1.29 is 4.79 Å². The van der Waals surface area contributed by atoms with E-state index in [-0.39, 0.29) is 12.0 Å². The molecule has 0 spiro atoms. The largest absolute Gasteiger partial charge is 0.328 e. The smallest absolute Gasteiger partial charge is 0.141 e. The molecule has 1 aliphatic rings. The molecule has 17 heavy (non-hydrogen) atoms. The number of pyridine rings is 1. The van der Waals surface area contributed by atoms with Crippen LogP contribution in [0.4, 0.5) is 0 Å². The van der Waals surface area contributed by atoms with Gasteiger partial charge in [-0.3, -0.25) is 9.78 Å². The number of aryl methyl sites for hydroxylation is 1. The zero-order chi connectivity index (χ0) is 12.3. The Bertz CT molecular complexity index is 386. The molecule has 1 saturated carbocycles. The highest BCUT2D eigenvalue weighted by Crippen LogP contribution is 2.25. The summed E-state index contributed by atoms with van der Waals surface area (Å²) in [4.78, 5) is 16.3. The summed E-state index contributed by atoms with van der Waals surface area (Å²) in [5.74, 6) is 0.465. The van der Waals surface area contributed by atoms with Crippen LogP contribution in [0.15, 0.2) is 18.3 Å². The first-order chi connectivity index (χ1) is 8.19. The molecule has 2 rings (SSSR count). The van der Waals surface area contributed by atoms with Crippen molar-refractivity contribution in [1.29, 1.82) is 0 Å². The number of rotatable bonds is 4. The maximum Gasteiger partial charge on any atom is 0.141 e. The molecule has 0 amide bonds. The first-order valence-corrected chi connectivity index (χ1v) is 6.41. The minimum atomic E-state index is 0.164. The van der Waals surface area contributed by atoms with Gasteiger partial charge in [0, 0.05) is 30.3 Å². The summed E-state index contributed by atoms with van der Waals surface area (Å²) in [6, 6.07) is 4.24. The Balaban J connectivity index is 1.93. The summed E-state index contributed by atoms with van der Waals surface area (Å²) in [6.07, 6.45) is 6.10. The number of carbonyl (C=O) groups excluding carboxylic acids is 1. The van der Waals surface area contributed by atoms with Crippen LogP contribution in [0.2, 0.25) is 0 Å². The molecule has 0 saturated heterocycles. The van der Waals surface area contributed by atoms with Gasteiger partial charge in [0.25, 0.3) is 0 Å². The minimum Gasteiger partial charge on any atom is -0.328 e. The Morgan fingerprint density at radius 3 is 2.82 bits per heavy atom. The highest BCUT2D eigenvalue weighted by molar-refractivity contribution is 5.83. The lowest BCUT2D eigenvalue weighted by Crippen LogP contribution is -2.19. The molecular weight excluding hydrogens is 212 g/mol. The summed E-state index contributed by atoms with van der Waals surface area (Å²) in [5, 5.41) is 0. The molecule has 1 aliphatic carbocycles. The zero-order valence-corrected chi connectivity index (χ0v) is 10.4. The molecule has 2 unspecified atom stereocenters. The fraction of sp³-hybridized carbons (Fsp3) is 0.571. The zero-order valence-electron chi connectivity index (χ0n) is 10.4. The lowest BCUT2D eigenvalue weighted by atomic mass is 9.98. The molecule has 92 valence electrons. The van der Waals surface area contributed by atoms with E-state index >= 15 is 0 Å². The van der Waals surface area contributed by atoms with E-state index in [9.17, 15) is 4.79 Å². The van der Waals surface area contributed by atoms with Gasteiger partial charge in [0.05, 0.1) is 0 Å². The maximum atomic E-state index is 12.0. The number of nitrogens with zero attached hydrogens (tertiary/aromatic N) is 1. The van der Waals surface area contributed by atoms with Crippen LogP contribution in [0.5, 0.6) is 0 Å². The van der Waals surface area contributed by atoms with Crippen molar-refractivity contribution in [3.8, 4) is 0 Å². The van der Waals surface area contributed by atoms with E-state index in [0.717, 1.165) is 31.4 Å². The summed E-state index contributed by atoms with van der Waals surface area (Å²) in [5.41, 5.74) is 7.92. The van der Waals surface area contributed by atoms with Crippen LogP contribution in [0.3, 0.4) is 0 Å². The molecule has 2 atom stereocenters. The molecular formula is C14H20N2O. The Morgan fingerprint density at radius 1 is 1.47 bits per heavy atom. The van der Waals surface area contributed by atoms with E-state index < -0.39 is 0 Å². The normalized spacial score (nSPS) is 23.9. The Morgan fingerprint density at radius 2 is 2.29 bits per heavy atom. The van der Waals surface area contributed by atoms with Crippen LogP contribution >= 0.6 is 0 Å². The Kier molecular flexibility index (Phi) is 3.89. The highest BCUT2D eigenvalue weighted by atomic mass is 16.1. The van der Waals surface area contributed by atoms with Crippen LogP contribution in [-0.2, 0) is 17.6 Å². The summed E-state index contributed by atoms with van der Waals surface area (Å²) in [6.45, 7) is 2.10. The molecule has 3 nitrogen and oxygen atoms in total. The van der Waals surface area contributed by atoms with Gasteiger partial charge in [-0.05, 0) is 37.3 Å². The molecule has 0 radical (unpaired) electrons. The third-order valence-corrected chi connectivity index (χ3v) is 3.58. The van der Waals surface area contributed by atoms with Gasteiger partial charge in [-0.1, -0.05) is 13.0 Å². The third kappa shape index (κ3) is 3.13. The van der Waals surface area contributed by atoms with Crippen LogP contribution < -0.4 is 5.73 Å². The SMILES string of the molecule is CCc1ccc(CC(=O)C2CCC(N)C2)nc1. The van der Waals surface area contributed by atoms with Gasteiger partial charge in [-0.2, -0.15) is 0 Å². The Hall–Kier alpha value is -1.22. The quantitative estimate of drug-likeness (QED) is 0.862. The molecule has 1 aromatic heterocycles. The summed E-state index contributed by atoms with van der Waals surface area (Å²) < 4.78 is 0. The van der Waals surface area contributed by atoms with E-state index in [1.807, 2.05) is 12.3 Å². The second-order valence-corrected chi connectivity index (χ2v) is 4.92. The molecule has 3 heteroatoms. The van der Waals surface area contributed by atoms with Gasteiger partial charge in [0.2, 0.25) is 0 Å². The lowest BCUT2D eigenvalue weighted by molar-refractivity contribution is -0.122. The molecule has 0 bridgehead atoms. The number of carbonyl (C=O) groups is 1. The van der Waals surface area contributed by atoms with Gasteiger partial charge in [-0.25, -0.2) is 0 Å². The van der Waals surface area contributed by atoms with Crippen molar-refractivity contribution in [2.45, 2.75) is 45.1 Å². The van der Waals surface area contributed by atoms with Gasteiger partial charge < -0.3 is 5.73 Å². The van der Waals surface area contributed by atoms with E-state index in [1.54, 1.807) is 0 Å². The molecule has 1 fully saturated rings. The molecule has 2 N–H and O–H groups in total. The number of aromatic nitrogens is 1. The van der Waals surface area contributed by atoms with Crippen molar-refractivity contribution in [2.75, 3.05) is 0 Å². The maximum absolute atomic E-state index is 12.0. The van der Waals surface area contributed by atoms with E-state index in [1.165, 1.54) is 5.56 Å². The van der Waals surface area contributed by atoms with Gasteiger partial charge in [0.15, 0.2) is 0 Å². The van der Waals surface area contributed by atoms with Crippen molar-refractivity contribution in [3.05, 3.63) is 29.6 Å².